The molecule has 1 saturated heterocycles. The maximum atomic E-state index is 12.1. The predicted octanol–water partition coefficient (Wildman–Crippen LogP) is 3.08. The van der Waals surface area contributed by atoms with E-state index in [-0.39, 0.29) is 17.7 Å². The molecular weight excluding hydrogens is 348 g/mol. The molecule has 0 spiro atoms. The van der Waals surface area contributed by atoms with Crippen LogP contribution in [0.5, 0.6) is 0 Å². The monoisotopic (exact) mass is 376 g/mol. The molecule has 8 heteroatoms. The van der Waals surface area contributed by atoms with Gasteiger partial charge < -0.3 is 20.1 Å². The largest absolute Gasteiger partial charge is 0.478 e. The van der Waals surface area contributed by atoms with Crippen molar-refractivity contribution >= 4 is 23.5 Å². The van der Waals surface area contributed by atoms with E-state index in [0.717, 1.165) is 12.8 Å². The van der Waals surface area contributed by atoms with Crippen LogP contribution in [0.25, 0.3) is 5.57 Å². The van der Waals surface area contributed by atoms with Gasteiger partial charge >= 0.3 is 12.1 Å². The number of ether oxygens (including phenoxy) is 1. The van der Waals surface area contributed by atoms with Crippen molar-refractivity contribution in [3.8, 4) is 0 Å². The maximum Gasteiger partial charge on any atom is 0.410 e. The topological polar surface area (TPSA) is 105 Å². The average Bonchev–Trinajstić information content (AvgIpc) is 2.57. The lowest BCUT2D eigenvalue weighted by Gasteiger charge is -2.33. The Kier molecular flexibility index (Phi) is 6.41. The third-order valence-corrected chi connectivity index (χ3v) is 4.23. The lowest BCUT2D eigenvalue weighted by Crippen LogP contribution is -2.44. The minimum Gasteiger partial charge on any atom is -0.478 e. The highest BCUT2D eigenvalue weighted by atomic mass is 16.6. The molecule has 1 aliphatic heterocycles. The van der Waals surface area contributed by atoms with E-state index >= 15 is 0 Å². The number of piperidine rings is 1. The van der Waals surface area contributed by atoms with Crippen LogP contribution in [0.4, 0.5) is 10.6 Å². The third-order valence-electron chi connectivity index (χ3n) is 4.23. The highest BCUT2D eigenvalue weighted by Crippen LogP contribution is 2.21. The fourth-order valence-corrected chi connectivity index (χ4v) is 2.88. The van der Waals surface area contributed by atoms with Gasteiger partial charge in [0.2, 0.25) is 0 Å². The van der Waals surface area contributed by atoms with Crippen LogP contribution in [0, 0.1) is 6.92 Å². The number of amides is 1. The van der Waals surface area contributed by atoms with Crippen molar-refractivity contribution < 1.29 is 19.4 Å². The average molecular weight is 376 g/mol. The van der Waals surface area contributed by atoms with Gasteiger partial charge in [0.1, 0.15) is 17.1 Å². The Morgan fingerprint density at radius 3 is 2.48 bits per heavy atom. The van der Waals surface area contributed by atoms with E-state index in [1.165, 1.54) is 6.08 Å². The fraction of sp³-hybridized carbons (Fsp3) is 0.579. The molecule has 1 aromatic rings. The number of nitrogens with one attached hydrogen (secondary N) is 1. The number of anilines is 1. The van der Waals surface area contributed by atoms with Crippen molar-refractivity contribution in [2.24, 2.45) is 0 Å². The first-order valence-corrected chi connectivity index (χ1v) is 9.09. The number of likely N-dealkylation sites (tertiary alicyclic amines) is 1. The van der Waals surface area contributed by atoms with Crippen molar-refractivity contribution in [1.29, 1.82) is 0 Å². The summed E-state index contributed by atoms with van der Waals surface area (Å²) < 4.78 is 5.40. The summed E-state index contributed by atoms with van der Waals surface area (Å²) in [6.07, 6.45) is 4.33. The highest BCUT2D eigenvalue weighted by molar-refractivity contribution is 6.14. The molecule has 1 aromatic heterocycles. The lowest BCUT2D eigenvalue weighted by molar-refractivity contribution is -0.130. The standard InChI is InChI=1S/C19H28N4O4/c1-6-14(17(24)25)16-12(2)20-11-15(22-16)21-13-7-9-23(10-8-13)18(26)27-19(3,4)5/h6,11,13H,7-10H2,1-5H3,(H,21,22)(H,24,25)/b14-6+. The number of aromatic nitrogens is 2. The highest BCUT2D eigenvalue weighted by Gasteiger charge is 2.27. The number of rotatable bonds is 4. The van der Waals surface area contributed by atoms with Gasteiger partial charge in [-0.1, -0.05) is 6.08 Å². The predicted molar refractivity (Wildman–Crippen MR) is 103 cm³/mol. The van der Waals surface area contributed by atoms with E-state index in [1.54, 1.807) is 24.9 Å². The molecule has 2 rings (SSSR count). The van der Waals surface area contributed by atoms with Crippen molar-refractivity contribution in [2.45, 2.75) is 59.1 Å². The Bertz CT molecular complexity index is 732. The van der Waals surface area contributed by atoms with Gasteiger partial charge in [-0.05, 0) is 47.5 Å². The van der Waals surface area contributed by atoms with Gasteiger partial charge in [-0.25, -0.2) is 14.6 Å². The Morgan fingerprint density at radius 2 is 1.96 bits per heavy atom. The summed E-state index contributed by atoms with van der Waals surface area (Å²) in [5.74, 6) is -0.496. The number of aryl methyl sites for hydroxylation is 1. The molecule has 27 heavy (non-hydrogen) atoms. The molecule has 1 fully saturated rings. The molecule has 0 saturated carbocycles. The second kappa shape index (κ2) is 8.37. The zero-order valence-corrected chi connectivity index (χ0v) is 16.6. The first kappa shape index (κ1) is 20.7. The lowest BCUT2D eigenvalue weighted by atomic mass is 10.1. The molecule has 0 aromatic carbocycles. The molecule has 0 bridgehead atoms. The minimum absolute atomic E-state index is 0.128. The molecule has 8 nitrogen and oxygen atoms in total. The molecular formula is C19H28N4O4. The van der Waals surface area contributed by atoms with Gasteiger partial charge in [0.05, 0.1) is 17.5 Å². The summed E-state index contributed by atoms with van der Waals surface area (Å²) in [4.78, 5) is 33.9. The van der Waals surface area contributed by atoms with Crippen molar-refractivity contribution in [3.63, 3.8) is 0 Å². The summed E-state index contributed by atoms with van der Waals surface area (Å²) >= 11 is 0. The number of aliphatic carboxylic acids is 1. The second-order valence-corrected chi connectivity index (χ2v) is 7.58. The summed E-state index contributed by atoms with van der Waals surface area (Å²) in [7, 11) is 0. The van der Waals surface area contributed by atoms with Crippen LogP contribution in [-0.2, 0) is 9.53 Å². The van der Waals surface area contributed by atoms with Crippen LogP contribution >= 0.6 is 0 Å². The number of hydrogen-bond donors (Lipinski definition) is 2. The van der Waals surface area contributed by atoms with Gasteiger partial charge in [0.25, 0.3) is 0 Å². The molecule has 148 valence electrons. The van der Waals surface area contributed by atoms with E-state index in [2.05, 4.69) is 15.3 Å². The second-order valence-electron chi connectivity index (χ2n) is 7.58. The maximum absolute atomic E-state index is 12.1. The summed E-state index contributed by atoms with van der Waals surface area (Å²) in [5.41, 5.74) is 0.551. The first-order chi connectivity index (χ1) is 12.6. The first-order valence-electron chi connectivity index (χ1n) is 9.09. The van der Waals surface area contributed by atoms with Crippen LogP contribution in [0.15, 0.2) is 12.3 Å². The normalized spacial score (nSPS) is 16.2. The molecule has 2 heterocycles. The Labute approximate surface area is 159 Å². The zero-order valence-electron chi connectivity index (χ0n) is 16.6. The Hall–Kier alpha value is -2.64. The van der Waals surface area contributed by atoms with Gasteiger partial charge in [-0.15, -0.1) is 0 Å². The molecule has 0 aliphatic carbocycles. The van der Waals surface area contributed by atoms with E-state index in [4.69, 9.17) is 4.74 Å². The van der Waals surface area contributed by atoms with E-state index in [0.29, 0.717) is 30.3 Å². The van der Waals surface area contributed by atoms with Crippen LogP contribution < -0.4 is 5.32 Å². The molecule has 0 radical (unpaired) electrons. The minimum atomic E-state index is -1.03. The quantitative estimate of drug-likeness (QED) is 0.778. The number of carbonyl (C=O) groups excluding carboxylic acids is 1. The number of allylic oxidation sites excluding steroid dienone is 1. The number of carbonyl (C=O) groups is 2. The van der Waals surface area contributed by atoms with Gasteiger partial charge in [0.15, 0.2) is 0 Å². The summed E-state index contributed by atoms with van der Waals surface area (Å²) in [6, 6.07) is 0.132. The van der Waals surface area contributed by atoms with Gasteiger partial charge in [-0.3, -0.25) is 4.98 Å². The number of carboxylic acids is 1. The fourth-order valence-electron chi connectivity index (χ4n) is 2.88. The smallest absolute Gasteiger partial charge is 0.410 e. The number of nitrogens with zero attached hydrogens (tertiary/aromatic N) is 3. The van der Waals surface area contributed by atoms with Crippen LogP contribution in [-0.4, -0.2) is 56.8 Å². The van der Waals surface area contributed by atoms with Crippen LogP contribution in [0.2, 0.25) is 0 Å². The molecule has 1 aliphatic rings. The van der Waals surface area contributed by atoms with Crippen molar-refractivity contribution in [1.82, 2.24) is 14.9 Å². The molecule has 0 atom stereocenters. The SMILES string of the molecule is C/C=C(/C(=O)O)c1nc(NC2CCN(C(=O)OC(C)(C)C)CC2)cnc1C. The van der Waals surface area contributed by atoms with Crippen LogP contribution in [0.1, 0.15) is 51.9 Å². The van der Waals surface area contributed by atoms with Gasteiger partial charge in [-0.2, -0.15) is 0 Å². The van der Waals surface area contributed by atoms with Crippen LogP contribution in [0.3, 0.4) is 0 Å². The van der Waals surface area contributed by atoms with Crippen molar-refractivity contribution in [3.05, 3.63) is 23.7 Å². The van der Waals surface area contributed by atoms with E-state index in [1.807, 2.05) is 20.8 Å². The molecule has 1 amide bonds. The third kappa shape index (κ3) is 5.67. The zero-order chi connectivity index (χ0) is 20.2. The number of hydrogen-bond acceptors (Lipinski definition) is 6. The van der Waals surface area contributed by atoms with E-state index < -0.39 is 11.6 Å². The van der Waals surface area contributed by atoms with Gasteiger partial charge in [0, 0.05) is 19.1 Å². The Balaban J connectivity index is 2.00. The van der Waals surface area contributed by atoms with Crippen molar-refractivity contribution in [2.75, 3.05) is 18.4 Å². The van der Waals surface area contributed by atoms with E-state index in [9.17, 15) is 14.7 Å². The summed E-state index contributed by atoms with van der Waals surface area (Å²) in [6.45, 7) is 10.1. The molecule has 2 N–H and O–H groups in total. The molecule has 0 unspecified atom stereocenters. The Morgan fingerprint density at radius 1 is 1.33 bits per heavy atom. The number of carboxylic acid groups (broad SMARTS) is 1. The summed E-state index contributed by atoms with van der Waals surface area (Å²) in [5, 5.41) is 12.6.